The van der Waals surface area contributed by atoms with Crippen molar-refractivity contribution in [3.63, 3.8) is 0 Å². The van der Waals surface area contributed by atoms with Gasteiger partial charge in [-0.3, -0.25) is 24.0 Å². The predicted molar refractivity (Wildman–Crippen MR) is 217 cm³/mol. The molecule has 8 atom stereocenters. The third-order valence-corrected chi connectivity index (χ3v) is 12.1. The molecular weight excluding hydrogens is 757 g/mol. The molecule has 0 spiro atoms. The zero-order valence-corrected chi connectivity index (χ0v) is 34.0. The number of aryl methyl sites for hydroxylation is 1. The molecule has 1 aromatic heterocycles. The van der Waals surface area contributed by atoms with Crippen LogP contribution in [0.5, 0.6) is 0 Å². The number of hydrogen-bond acceptors (Lipinski definition) is 8. The first-order chi connectivity index (χ1) is 28.3. The van der Waals surface area contributed by atoms with Gasteiger partial charge in [-0.25, -0.2) is 9.59 Å². The van der Waals surface area contributed by atoms with Gasteiger partial charge in [-0.2, -0.15) is 0 Å². The van der Waals surface area contributed by atoms with Crippen LogP contribution in [0.4, 0.5) is 10.5 Å². The maximum absolute atomic E-state index is 14.8. The van der Waals surface area contributed by atoms with Gasteiger partial charge < -0.3 is 45.3 Å². The number of nitrogens with zero attached hydrogens (tertiary/aromatic N) is 4. The number of piperidine rings is 1. The van der Waals surface area contributed by atoms with Crippen LogP contribution in [0.3, 0.4) is 0 Å². The molecule has 0 aliphatic carbocycles. The van der Waals surface area contributed by atoms with Crippen LogP contribution in [-0.2, 0) is 47.0 Å². The van der Waals surface area contributed by atoms with Crippen molar-refractivity contribution in [1.82, 2.24) is 35.2 Å². The van der Waals surface area contributed by atoms with Gasteiger partial charge in [0.15, 0.2) is 0 Å². The maximum atomic E-state index is 14.8. The highest BCUT2D eigenvalue weighted by Gasteiger charge is 2.47. The molecule has 7 amide bonds. The molecule has 0 unspecified atom stereocenters. The Morgan fingerprint density at radius 1 is 0.831 bits per heavy atom. The molecule has 7 rings (SSSR count). The second kappa shape index (κ2) is 17.5. The molecule has 4 aliphatic rings. The summed E-state index contributed by atoms with van der Waals surface area (Å²) >= 11 is 0. The largest absolute Gasteiger partial charge is 0.458 e. The SMILES string of the molecule is C[C@@H]1C[C@H]2C(=O)O[C@@H](C)[C@H](NC(=O)[C@H](Cc3ccccc3)NC(=O)Nc3ccc4ccn(C)c4c3)C(=O)N3CCC[C@H]3C(=O)N3CCCC[C@H]3C(=O)N[C@@H](C)C(=O)N2C1. The maximum Gasteiger partial charge on any atom is 0.329 e. The van der Waals surface area contributed by atoms with Crippen molar-refractivity contribution >= 4 is 58.1 Å². The van der Waals surface area contributed by atoms with E-state index in [1.807, 2.05) is 73.3 Å². The molecule has 59 heavy (non-hydrogen) atoms. The summed E-state index contributed by atoms with van der Waals surface area (Å²) in [6, 6.07) is 9.45. The standard InChI is InChI=1S/C43H54N8O8/c1-25-21-35-42(57)59-27(3)36(41(56)50-19-10-14-33(50)40(55)49-18-9-8-13-32(49)38(53)44-26(2)39(54)51(35)24-25)47-37(52)31(22-28-11-6-5-7-12-28)46-43(58)45-30-16-15-29-17-20-48(4)34(29)23-30/h5-7,11-12,15-17,20,23,25-27,31-33,35-36H,8-10,13-14,18-19,21-22,24H2,1-4H3,(H,44,53)(H,47,52)(H2,45,46,58)/t25-,26+,27+,31+,32+,33+,35+,36+/m1/s1. The number of ether oxygens (including phenoxy) is 1. The van der Waals surface area contributed by atoms with Crippen molar-refractivity contribution in [3.8, 4) is 0 Å². The third-order valence-electron chi connectivity index (χ3n) is 12.1. The van der Waals surface area contributed by atoms with Gasteiger partial charge in [-0.1, -0.05) is 43.3 Å². The summed E-state index contributed by atoms with van der Waals surface area (Å²) in [4.78, 5) is 103. The zero-order valence-electron chi connectivity index (χ0n) is 34.0. The van der Waals surface area contributed by atoms with Crippen LogP contribution in [0.15, 0.2) is 60.8 Å². The lowest BCUT2D eigenvalue weighted by Crippen LogP contribution is -2.63. The highest BCUT2D eigenvalue weighted by atomic mass is 16.5. The highest BCUT2D eigenvalue weighted by molar-refractivity contribution is 5.99. The lowest BCUT2D eigenvalue weighted by molar-refractivity contribution is -0.163. The topological polar surface area (TPSA) is 191 Å². The Kier molecular flexibility index (Phi) is 12.2. The molecule has 4 N–H and O–H groups in total. The molecule has 4 fully saturated rings. The number of anilines is 1. The second-order valence-electron chi connectivity index (χ2n) is 16.5. The number of urea groups is 1. The number of hydrogen-bond donors (Lipinski definition) is 4. The van der Waals surface area contributed by atoms with Crippen LogP contribution in [-0.4, -0.2) is 123 Å². The molecule has 0 radical (unpaired) electrons. The van der Waals surface area contributed by atoms with Crippen molar-refractivity contribution in [2.75, 3.05) is 25.0 Å². The second-order valence-corrected chi connectivity index (χ2v) is 16.5. The van der Waals surface area contributed by atoms with E-state index in [9.17, 15) is 33.6 Å². The van der Waals surface area contributed by atoms with Crippen LogP contribution in [0.2, 0.25) is 0 Å². The van der Waals surface area contributed by atoms with Crippen LogP contribution in [0.1, 0.15) is 64.9 Å². The van der Waals surface area contributed by atoms with Crippen molar-refractivity contribution < 1.29 is 38.3 Å². The fraction of sp³-hybridized carbons (Fsp3) is 0.512. The highest BCUT2D eigenvalue weighted by Crippen LogP contribution is 2.29. The summed E-state index contributed by atoms with van der Waals surface area (Å²) in [5.41, 5.74) is 2.14. The first kappa shape index (κ1) is 41.2. The number of carbonyl (C=O) groups excluding carboxylic acids is 7. The quantitative estimate of drug-likeness (QED) is 0.273. The molecule has 16 nitrogen and oxygen atoms in total. The van der Waals surface area contributed by atoms with E-state index < -0.39 is 83.9 Å². The van der Waals surface area contributed by atoms with Crippen molar-refractivity contribution in [3.05, 3.63) is 66.4 Å². The smallest absolute Gasteiger partial charge is 0.329 e. The van der Waals surface area contributed by atoms with Crippen LogP contribution in [0, 0.1) is 5.92 Å². The third kappa shape index (κ3) is 8.91. The molecule has 2 aromatic carbocycles. The lowest BCUT2D eigenvalue weighted by atomic mass is 9.99. The zero-order chi connectivity index (χ0) is 42.0. The Labute approximate surface area is 343 Å². The number of fused-ring (bicyclic) bond motifs is 4. The first-order valence-corrected chi connectivity index (χ1v) is 20.7. The molecule has 0 bridgehead atoms. The number of benzene rings is 2. The first-order valence-electron chi connectivity index (χ1n) is 20.7. The van der Waals surface area contributed by atoms with E-state index in [1.165, 1.54) is 21.6 Å². The average Bonchev–Trinajstić information content (AvgIpc) is 3.97. The molecule has 4 aliphatic heterocycles. The molecule has 16 heteroatoms. The van der Waals surface area contributed by atoms with E-state index in [1.54, 1.807) is 13.0 Å². The minimum absolute atomic E-state index is 0.0592. The minimum Gasteiger partial charge on any atom is -0.458 e. The molecule has 0 saturated carbocycles. The van der Waals surface area contributed by atoms with Gasteiger partial charge in [-0.15, -0.1) is 0 Å². The molecular formula is C43H54N8O8. The number of amides is 7. The van der Waals surface area contributed by atoms with Gasteiger partial charge >= 0.3 is 12.0 Å². The van der Waals surface area contributed by atoms with E-state index in [0.29, 0.717) is 50.8 Å². The summed E-state index contributed by atoms with van der Waals surface area (Å²) in [6.45, 7) is 5.74. The van der Waals surface area contributed by atoms with Crippen molar-refractivity contribution in [1.29, 1.82) is 0 Å². The summed E-state index contributed by atoms with van der Waals surface area (Å²) in [7, 11) is 1.90. The number of carbonyl (C=O) groups is 7. The predicted octanol–water partition coefficient (Wildman–Crippen LogP) is 2.46. The summed E-state index contributed by atoms with van der Waals surface area (Å²) in [5.74, 6) is -3.48. The Balaban J connectivity index is 1.19. The fourth-order valence-electron chi connectivity index (χ4n) is 8.95. The van der Waals surface area contributed by atoms with Gasteiger partial charge in [0.2, 0.25) is 29.5 Å². The van der Waals surface area contributed by atoms with E-state index in [-0.39, 0.29) is 25.4 Å². The Bertz CT molecular complexity index is 2110. The Morgan fingerprint density at radius 3 is 2.34 bits per heavy atom. The number of rotatable bonds is 6. The van der Waals surface area contributed by atoms with E-state index in [4.69, 9.17) is 4.74 Å². The van der Waals surface area contributed by atoms with E-state index in [0.717, 1.165) is 16.5 Å². The minimum atomic E-state index is -1.47. The fourth-order valence-corrected chi connectivity index (χ4v) is 8.95. The van der Waals surface area contributed by atoms with Crippen molar-refractivity contribution in [2.45, 2.75) is 108 Å². The van der Waals surface area contributed by atoms with Crippen molar-refractivity contribution in [2.24, 2.45) is 13.0 Å². The van der Waals surface area contributed by atoms with Gasteiger partial charge in [0.05, 0.1) is 0 Å². The number of cyclic esters (lactones) is 1. The molecule has 314 valence electrons. The van der Waals surface area contributed by atoms with Crippen LogP contribution >= 0.6 is 0 Å². The molecule has 5 heterocycles. The molecule has 3 aromatic rings. The normalized spacial score (nSPS) is 27.4. The van der Waals surface area contributed by atoms with Gasteiger partial charge in [0, 0.05) is 50.5 Å². The number of nitrogens with one attached hydrogen (secondary N) is 4. The monoisotopic (exact) mass is 810 g/mol. The van der Waals surface area contributed by atoms with E-state index in [2.05, 4.69) is 21.3 Å². The van der Waals surface area contributed by atoms with Gasteiger partial charge in [-0.05, 0) is 87.4 Å². The summed E-state index contributed by atoms with van der Waals surface area (Å²) in [6.07, 6.45) is 3.63. The van der Waals surface area contributed by atoms with Crippen LogP contribution < -0.4 is 21.3 Å². The van der Waals surface area contributed by atoms with Gasteiger partial charge in [0.25, 0.3) is 0 Å². The van der Waals surface area contributed by atoms with Gasteiger partial charge in [0.1, 0.15) is 42.4 Å². The average molecular weight is 811 g/mol. The van der Waals surface area contributed by atoms with Crippen LogP contribution in [0.25, 0.3) is 10.9 Å². The van der Waals surface area contributed by atoms with E-state index >= 15 is 0 Å². The Morgan fingerprint density at radius 2 is 1.56 bits per heavy atom. The number of aromatic nitrogens is 1. The molecule has 4 saturated heterocycles. The Hall–Kier alpha value is -5.93. The summed E-state index contributed by atoms with van der Waals surface area (Å²) < 4.78 is 7.90. The lowest BCUT2D eigenvalue weighted by Gasteiger charge is -2.39. The summed E-state index contributed by atoms with van der Waals surface area (Å²) in [5, 5.41) is 12.2. The number of esters is 1.